The lowest BCUT2D eigenvalue weighted by molar-refractivity contribution is -0.138. The van der Waals surface area contributed by atoms with E-state index >= 15 is 0 Å². The summed E-state index contributed by atoms with van der Waals surface area (Å²) in [5.74, 6) is -0.864. The monoisotopic (exact) mass is 282 g/mol. The van der Waals surface area contributed by atoms with Gasteiger partial charge in [-0.25, -0.2) is 4.39 Å². The van der Waals surface area contributed by atoms with Crippen LogP contribution in [0, 0.1) is 5.82 Å². The molecule has 1 heterocycles. The summed E-state index contributed by atoms with van der Waals surface area (Å²) in [7, 11) is 0. The summed E-state index contributed by atoms with van der Waals surface area (Å²) in [5, 5.41) is 8.71. The van der Waals surface area contributed by atoms with E-state index in [-0.39, 0.29) is 18.1 Å². The van der Waals surface area contributed by atoms with Crippen LogP contribution >= 0.6 is 0 Å². The van der Waals surface area contributed by atoms with Gasteiger partial charge in [0.15, 0.2) is 11.6 Å². The topological polar surface area (TPSA) is 53.0 Å². The van der Waals surface area contributed by atoms with Gasteiger partial charge in [0.25, 0.3) is 0 Å². The number of nitrogens with zero attached hydrogens (tertiary/aromatic N) is 2. The number of ether oxygens (including phenoxy) is 1. The molecule has 1 fully saturated rings. The first kappa shape index (κ1) is 14.7. The maximum Gasteiger partial charge on any atom is 0.317 e. The molecule has 6 heteroatoms. The van der Waals surface area contributed by atoms with Crippen molar-refractivity contribution in [3.8, 4) is 5.75 Å². The van der Waals surface area contributed by atoms with Crippen molar-refractivity contribution in [1.29, 1.82) is 0 Å². The van der Waals surface area contributed by atoms with Gasteiger partial charge in [-0.1, -0.05) is 12.1 Å². The van der Waals surface area contributed by atoms with Crippen LogP contribution in [-0.2, 0) is 4.79 Å². The van der Waals surface area contributed by atoms with Crippen LogP contribution in [0.3, 0.4) is 0 Å². The quantitative estimate of drug-likeness (QED) is 0.840. The van der Waals surface area contributed by atoms with Crippen molar-refractivity contribution in [3.63, 3.8) is 0 Å². The maximum absolute atomic E-state index is 13.3. The van der Waals surface area contributed by atoms with Crippen LogP contribution in [0.5, 0.6) is 5.75 Å². The first-order valence-corrected chi connectivity index (χ1v) is 6.69. The number of carboxylic acids is 1. The second-order valence-corrected chi connectivity index (χ2v) is 4.79. The van der Waals surface area contributed by atoms with Crippen LogP contribution in [0.25, 0.3) is 0 Å². The van der Waals surface area contributed by atoms with Gasteiger partial charge in [-0.2, -0.15) is 0 Å². The van der Waals surface area contributed by atoms with Gasteiger partial charge in [0.2, 0.25) is 0 Å². The molecule has 0 unspecified atom stereocenters. The molecule has 1 N–H and O–H groups in total. The van der Waals surface area contributed by atoms with Gasteiger partial charge >= 0.3 is 5.97 Å². The SMILES string of the molecule is O=C(O)CN1CCN(CCOc2ccccc2F)CC1. The molecule has 1 saturated heterocycles. The Morgan fingerprint density at radius 1 is 1.20 bits per heavy atom. The second kappa shape index (κ2) is 7.21. The van der Waals surface area contributed by atoms with Gasteiger partial charge in [0.1, 0.15) is 6.61 Å². The van der Waals surface area contributed by atoms with Crippen molar-refractivity contribution in [2.75, 3.05) is 45.9 Å². The summed E-state index contributed by atoms with van der Waals surface area (Å²) >= 11 is 0. The number of benzene rings is 1. The average Bonchev–Trinajstić information content (AvgIpc) is 2.42. The molecule has 0 radical (unpaired) electrons. The van der Waals surface area contributed by atoms with E-state index in [9.17, 15) is 9.18 Å². The van der Waals surface area contributed by atoms with Gasteiger partial charge in [-0.05, 0) is 12.1 Å². The molecule has 0 atom stereocenters. The fourth-order valence-corrected chi connectivity index (χ4v) is 2.21. The number of hydrogen-bond donors (Lipinski definition) is 1. The molecule has 0 aromatic heterocycles. The number of halogens is 1. The number of para-hydroxylation sites is 1. The van der Waals surface area contributed by atoms with Gasteiger partial charge in [-0.3, -0.25) is 14.6 Å². The van der Waals surface area contributed by atoms with Crippen LogP contribution in [-0.4, -0.2) is 66.8 Å². The van der Waals surface area contributed by atoms with Crippen molar-refractivity contribution in [2.45, 2.75) is 0 Å². The summed E-state index contributed by atoms with van der Waals surface area (Å²) < 4.78 is 18.7. The van der Waals surface area contributed by atoms with Gasteiger partial charge in [-0.15, -0.1) is 0 Å². The molecule has 0 aliphatic carbocycles. The molecular weight excluding hydrogens is 263 g/mol. The Morgan fingerprint density at radius 3 is 2.50 bits per heavy atom. The second-order valence-electron chi connectivity index (χ2n) is 4.79. The van der Waals surface area contributed by atoms with E-state index in [0.29, 0.717) is 6.61 Å². The van der Waals surface area contributed by atoms with Gasteiger partial charge in [0.05, 0.1) is 6.54 Å². The lowest BCUT2D eigenvalue weighted by Crippen LogP contribution is -2.48. The lowest BCUT2D eigenvalue weighted by Gasteiger charge is -2.33. The Balaban J connectivity index is 1.66. The third kappa shape index (κ3) is 4.47. The lowest BCUT2D eigenvalue weighted by atomic mass is 10.3. The van der Waals surface area contributed by atoms with Crippen molar-refractivity contribution in [3.05, 3.63) is 30.1 Å². The number of rotatable bonds is 6. The van der Waals surface area contributed by atoms with E-state index in [4.69, 9.17) is 9.84 Å². The van der Waals surface area contributed by atoms with E-state index in [2.05, 4.69) is 4.90 Å². The Kier molecular flexibility index (Phi) is 5.31. The summed E-state index contributed by atoms with van der Waals surface area (Å²) in [4.78, 5) is 14.7. The summed E-state index contributed by atoms with van der Waals surface area (Å²) in [6.45, 7) is 4.36. The summed E-state index contributed by atoms with van der Waals surface area (Å²) in [6, 6.07) is 6.35. The fraction of sp³-hybridized carbons (Fsp3) is 0.500. The van der Waals surface area contributed by atoms with Crippen LogP contribution in [0.15, 0.2) is 24.3 Å². The number of piperazine rings is 1. The first-order chi connectivity index (χ1) is 9.65. The smallest absolute Gasteiger partial charge is 0.317 e. The number of aliphatic carboxylic acids is 1. The molecule has 0 amide bonds. The largest absolute Gasteiger partial charge is 0.489 e. The zero-order chi connectivity index (χ0) is 14.4. The summed E-state index contributed by atoms with van der Waals surface area (Å²) in [6.07, 6.45) is 0. The van der Waals surface area contributed by atoms with Gasteiger partial charge < -0.3 is 9.84 Å². The first-order valence-electron chi connectivity index (χ1n) is 6.69. The van der Waals surface area contributed by atoms with Crippen LogP contribution in [0.4, 0.5) is 4.39 Å². The zero-order valence-corrected chi connectivity index (χ0v) is 11.3. The Bertz CT molecular complexity index is 448. The molecule has 1 aliphatic heterocycles. The number of carboxylic acid groups (broad SMARTS) is 1. The normalized spacial score (nSPS) is 17.1. The predicted molar refractivity (Wildman–Crippen MR) is 72.4 cm³/mol. The Hall–Kier alpha value is -1.66. The van der Waals surface area contributed by atoms with E-state index in [1.165, 1.54) is 6.07 Å². The third-order valence-electron chi connectivity index (χ3n) is 3.33. The Morgan fingerprint density at radius 2 is 1.85 bits per heavy atom. The van der Waals surface area contributed by atoms with Crippen molar-refractivity contribution in [1.82, 2.24) is 9.80 Å². The zero-order valence-electron chi connectivity index (χ0n) is 11.3. The molecule has 0 bridgehead atoms. The predicted octanol–water partition coefficient (Wildman–Crippen LogP) is 0.907. The molecule has 110 valence electrons. The highest BCUT2D eigenvalue weighted by Crippen LogP contribution is 2.15. The minimum absolute atomic E-state index is 0.0968. The molecule has 0 spiro atoms. The molecule has 1 aromatic carbocycles. The highest BCUT2D eigenvalue weighted by atomic mass is 19.1. The standard InChI is InChI=1S/C14H19FN2O3/c15-12-3-1-2-4-13(12)20-10-9-16-5-7-17(8-6-16)11-14(18)19/h1-4H,5-11H2,(H,18,19). The van der Waals surface area contributed by atoms with E-state index in [1.807, 2.05) is 4.90 Å². The van der Waals surface area contributed by atoms with Crippen LogP contribution in [0.2, 0.25) is 0 Å². The molecule has 1 aliphatic rings. The molecule has 0 saturated carbocycles. The van der Waals surface area contributed by atoms with Crippen molar-refractivity contribution >= 4 is 5.97 Å². The van der Waals surface area contributed by atoms with E-state index in [0.717, 1.165) is 32.7 Å². The third-order valence-corrected chi connectivity index (χ3v) is 3.33. The minimum atomic E-state index is -0.790. The molecule has 5 nitrogen and oxygen atoms in total. The van der Waals surface area contributed by atoms with Crippen molar-refractivity contribution < 1.29 is 19.0 Å². The van der Waals surface area contributed by atoms with E-state index in [1.54, 1.807) is 18.2 Å². The highest BCUT2D eigenvalue weighted by molar-refractivity contribution is 5.69. The maximum atomic E-state index is 13.3. The number of carbonyl (C=O) groups is 1. The van der Waals surface area contributed by atoms with Crippen LogP contribution in [0.1, 0.15) is 0 Å². The summed E-state index contributed by atoms with van der Waals surface area (Å²) in [5.41, 5.74) is 0. The average molecular weight is 282 g/mol. The molecule has 1 aromatic rings. The molecule has 20 heavy (non-hydrogen) atoms. The Labute approximate surface area is 117 Å². The highest BCUT2D eigenvalue weighted by Gasteiger charge is 2.18. The van der Waals surface area contributed by atoms with Crippen molar-refractivity contribution in [2.24, 2.45) is 0 Å². The molecular formula is C14H19FN2O3. The van der Waals surface area contributed by atoms with Crippen LogP contribution < -0.4 is 4.74 Å². The molecule has 2 rings (SSSR count). The minimum Gasteiger partial charge on any atom is -0.489 e. The fourth-order valence-electron chi connectivity index (χ4n) is 2.21. The van der Waals surface area contributed by atoms with E-state index < -0.39 is 5.97 Å². The number of hydrogen-bond acceptors (Lipinski definition) is 4. The van der Waals surface area contributed by atoms with Gasteiger partial charge in [0, 0.05) is 32.7 Å².